The molecule has 2 heteroatoms. The van der Waals surface area contributed by atoms with Gasteiger partial charge >= 0.3 is 0 Å². The van der Waals surface area contributed by atoms with Gasteiger partial charge < -0.3 is 9.67 Å². The number of nitrogens with zero attached hydrogens (tertiary/aromatic N) is 1. The minimum Gasteiger partial charge on any atom is -0.506 e. The van der Waals surface area contributed by atoms with Gasteiger partial charge in [-0.05, 0) is 30.9 Å². The molecule has 1 saturated carbocycles. The normalized spacial score (nSPS) is 16.3. The van der Waals surface area contributed by atoms with E-state index in [9.17, 15) is 5.11 Å². The largest absolute Gasteiger partial charge is 0.506 e. The number of fused-ring (bicyclic) bond motifs is 1. The predicted molar refractivity (Wildman–Crippen MR) is 56.3 cm³/mol. The highest BCUT2D eigenvalue weighted by Crippen LogP contribution is 2.34. The van der Waals surface area contributed by atoms with E-state index in [1.165, 1.54) is 12.8 Å². The second kappa shape index (κ2) is 2.77. The van der Waals surface area contributed by atoms with Crippen molar-refractivity contribution in [2.45, 2.75) is 19.4 Å². The molecule has 0 atom stereocenters. The lowest BCUT2D eigenvalue weighted by atomic mass is 10.2. The molecule has 0 aliphatic heterocycles. The van der Waals surface area contributed by atoms with E-state index in [1.54, 1.807) is 0 Å². The van der Waals surface area contributed by atoms with Gasteiger partial charge in [0.2, 0.25) is 0 Å². The lowest BCUT2D eigenvalue weighted by molar-refractivity contribution is 0.477. The van der Waals surface area contributed by atoms with Crippen LogP contribution in [0.25, 0.3) is 10.9 Å². The van der Waals surface area contributed by atoms with Crippen molar-refractivity contribution in [2.24, 2.45) is 5.92 Å². The SMILES string of the molecule is Oc1cn(CC2CC2)c2ccccc12. The molecule has 0 amide bonds. The summed E-state index contributed by atoms with van der Waals surface area (Å²) >= 11 is 0. The highest BCUT2D eigenvalue weighted by atomic mass is 16.3. The summed E-state index contributed by atoms with van der Waals surface area (Å²) in [6, 6.07) is 8.01. The van der Waals surface area contributed by atoms with Crippen LogP contribution < -0.4 is 0 Å². The number of aromatic hydroxyl groups is 1. The number of benzene rings is 1. The highest BCUT2D eigenvalue weighted by molar-refractivity contribution is 5.86. The van der Waals surface area contributed by atoms with Crippen LogP contribution in [0.15, 0.2) is 30.5 Å². The molecule has 1 aliphatic carbocycles. The molecule has 0 bridgehead atoms. The summed E-state index contributed by atoms with van der Waals surface area (Å²) in [5.74, 6) is 1.24. The van der Waals surface area contributed by atoms with Crippen molar-refractivity contribution >= 4 is 10.9 Å². The monoisotopic (exact) mass is 187 g/mol. The molecule has 2 nitrogen and oxygen atoms in total. The first kappa shape index (κ1) is 7.92. The van der Waals surface area contributed by atoms with Crippen LogP contribution in [0.1, 0.15) is 12.8 Å². The third-order valence-corrected chi connectivity index (χ3v) is 2.92. The van der Waals surface area contributed by atoms with Crippen LogP contribution in [0.4, 0.5) is 0 Å². The van der Waals surface area contributed by atoms with Crippen molar-refractivity contribution in [2.75, 3.05) is 0 Å². The lowest BCUT2D eigenvalue weighted by Crippen LogP contribution is -1.96. The quantitative estimate of drug-likeness (QED) is 0.768. The van der Waals surface area contributed by atoms with Gasteiger partial charge in [-0.3, -0.25) is 0 Å². The second-order valence-electron chi connectivity index (χ2n) is 4.13. The van der Waals surface area contributed by atoms with Gasteiger partial charge in [0.25, 0.3) is 0 Å². The Bertz CT molecular complexity index is 468. The molecule has 0 unspecified atom stereocenters. The van der Waals surface area contributed by atoms with Crippen molar-refractivity contribution in [3.05, 3.63) is 30.5 Å². The third-order valence-electron chi connectivity index (χ3n) is 2.92. The zero-order valence-corrected chi connectivity index (χ0v) is 7.98. The molecule has 1 aromatic carbocycles. The Kier molecular flexibility index (Phi) is 1.57. The fourth-order valence-corrected chi connectivity index (χ4v) is 1.96. The van der Waals surface area contributed by atoms with Gasteiger partial charge in [-0.2, -0.15) is 0 Å². The summed E-state index contributed by atoms with van der Waals surface area (Å²) in [6.45, 7) is 1.06. The van der Waals surface area contributed by atoms with Gasteiger partial charge in [0.05, 0.1) is 5.52 Å². The van der Waals surface area contributed by atoms with Gasteiger partial charge in [-0.15, -0.1) is 0 Å². The molecule has 1 aliphatic rings. The first-order valence-electron chi connectivity index (χ1n) is 5.11. The van der Waals surface area contributed by atoms with Gasteiger partial charge in [0.15, 0.2) is 0 Å². The van der Waals surface area contributed by atoms with E-state index >= 15 is 0 Å². The molecule has 14 heavy (non-hydrogen) atoms. The van der Waals surface area contributed by atoms with E-state index in [0.29, 0.717) is 5.75 Å². The molecule has 1 heterocycles. The number of aromatic nitrogens is 1. The van der Waals surface area contributed by atoms with Gasteiger partial charge in [-0.1, -0.05) is 12.1 Å². The zero-order chi connectivity index (χ0) is 9.54. The molecule has 3 rings (SSSR count). The number of para-hydroxylation sites is 1. The van der Waals surface area contributed by atoms with Crippen LogP contribution in [0.3, 0.4) is 0 Å². The molecule has 72 valence electrons. The van der Waals surface area contributed by atoms with E-state index in [0.717, 1.165) is 23.4 Å². The summed E-state index contributed by atoms with van der Waals surface area (Å²) in [5.41, 5.74) is 1.15. The number of hydrogen-bond acceptors (Lipinski definition) is 1. The maximum absolute atomic E-state index is 9.70. The van der Waals surface area contributed by atoms with Crippen LogP contribution in [0.2, 0.25) is 0 Å². The van der Waals surface area contributed by atoms with Crippen LogP contribution in [-0.2, 0) is 6.54 Å². The van der Waals surface area contributed by atoms with Crippen LogP contribution >= 0.6 is 0 Å². The van der Waals surface area contributed by atoms with Crippen molar-refractivity contribution in [1.82, 2.24) is 4.57 Å². The molecule has 0 radical (unpaired) electrons. The molecule has 2 aromatic rings. The summed E-state index contributed by atoms with van der Waals surface area (Å²) in [7, 11) is 0. The topological polar surface area (TPSA) is 25.2 Å². The van der Waals surface area contributed by atoms with E-state index in [4.69, 9.17) is 0 Å². The van der Waals surface area contributed by atoms with Crippen molar-refractivity contribution < 1.29 is 5.11 Å². The predicted octanol–water partition coefficient (Wildman–Crippen LogP) is 2.76. The Balaban J connectivity index is 2.12. The summed E-state index contributed by atoms with van der Waals surface area (Å²) in [5, 5.41) is 10.7. The first-order valence-corrected chi connectivity index (χ1v) is 5.11. The Morgan fingerprint density at radius 2 is 2.07 bits per heavy atom. The average molecular weight is 187 g/mol. The maximum atomic E-state index is 9.70. The van der Waals surface area contributed by atoms with Crippen molar-refractivity contribution in [3.8, 4) is 5.75 Å². The Morgan fingerprint density at radius 3 is 2.86 bits per heavy atom. The zero-order valence-electron chi connectivity index (χ0n) is 7.98. The minimum atomic E-state index is 0.404. The van der Waals surface area contributed by atoms with E-state index in [1.807, 2.05) is 24.4 Å². The van der Waals surface area contributed by atoms with E-state index < -0.39 is 0 Å². The fourth-order valence-electron chi connectivity index (χ4n) is 1.96. The Labute approximate surface area is 82.8 Å². The Morgan fingerprint density at radius 1 is 1.29 bits per heavy atom. The molecule has 1 N–H and O–H groups in total. The van der Waals surface area contributed by atoms with E-state index in [2.05, 4.69) is 10.6 Å². The van der Waals surface area contributed by atoms with Gasteiger partial charge in [-0.25, -0.2) is 0 Å². The fraction of sp³-hybridized carbons (Fsp3) is 0.333. The Hall–Kier alpha value is -1.44. The van der Waals surface area contributed by atoms with Gasteiger partial charge in [0, 0.05) is 18.1 Å². The molecular weight excluding hydrogens is 174 g/mol. The molecule has 0 spiro atoms. The summed E-state index contributed by atoms with van der Waals surface area (Å²) in [4.78, 5) is 0. The van der Waals surface area contributed by atoms with Crippen LogP contribution in [0.5, 0.6) is 5.75 Å². The van der Waals surface area contributed by atoms with Gasteiger partial charge in [0.1, 0.15) is 5.75 Å². The molecule has 1 fully saturated rings. The lowest BCUT2D eigenvalue weighted by Gasteiger charge is -2.01. The number of rotatable bonds is 2. The van der Waals surface area contributed by atoms with Crippen molar-refractivity contribution in [3.63, 3.8) is 0 Å². The molecule has 0 saturated heterocycles. The smallest absolute Gasteiger partial charge is 0.141 e. The van der Waals surface area contributed by atoms with E-state index in [-0.39, 0.29) is 0 Å². The van der Waals surface area contributed by atoms with Crippen molar-refractivity contribution in [1.29, 1.82) is 0 Å². The van der Waals surface area contributed by atoms with Crippen LogP contribution in [-0.4, -0.2) is 9.67 Å². The maximum Gasteiger partial charge on any atom is 0.141 e. The molecular formula is C12H13NO. The highest BCUT2D eigenvalue weighted by Gasteiger charge is 2.22. The summed E-state index contributed by atoms with van der Waals surface area (Å²) < 4.78 is 2.17. The van der Waals surface area contributed by atoms with Crippen LogP contribution in [0, 0.1) is 5.92 Å². The average Bonchev–Trinajstić information content (AvgIpc) is 2.95. The summed E-state index contributed by atoms with van der Waals surface area (Å²) in [6.07, 6.45) is 4.53. The number of hydrogen-bond donors (Lipinski definition) is 1. The second-order valence-corrected chi connectivity index (χ2v) is 4.13. The minimum absolute atomic E-state index is 0.404. The standard InChI is InChI=1S/C12H13NO/c14-12-8-13(7-9-5-6-9)11-4-2-1-3-10(11)12/h1-4,8-9,14H,5-7H2. The molecule has 1 aromatic heterocycles. The first-order chi connectivity index (χ1) is 6.84. The third kappa shape index (κ3) is 1.18.